The van der Waals surface area contributed by atoms with Crippen LogP contribution in [-0.4, -0.2) is 35.4 Å². The molecule has 0 bridgehead atoms. The molecule has 9 heteroatoms. The first kappa shape index (κ1) is 21.5. The molecule has 8 nitrogen and oxygen atoms in total. The van der Waals surface area contributed by atoms with Gasteiger partial charge in [-0.05, 0) is 49.0 Å². The zero-order valence-electron chi connectivity index (χ0n) is 17.5. The lowest BCUT2D eigenvalue weighted by atomic mass is 10.1. The van der Waals surface area contributed by atoms with Crippen LogP contribution in [0.2, 0.25) is 0 Å². The summed E-state index contributed by atoms with van der Waals surface area (Å²) < 4.78 is 0. The molecule has 3 N–H and O–H groups in total. The molecule has 3 aromatic rings. The number of urea groups is 1. The minimum Gasteiger partial charge on any atom is -0.334 e. The molecule has 2 aromatic carbocycles. The average Bonchev–Trinajstić information content (AvgIpc) is 3.19. The molecule has 0 aliphatic carbocycles. The van der Waals surface area contributed by atoms with Crippen molar-refractivity contribution >= 4 is 34.1 Å². The Kier molecular flexibility index (Phi) is 6.44. The number of hydrogen-bond donors (Lipinski definition) is 3. The molecule has 0 unspecified atom stereocenters. The first-order valence-electron chi connectivity index (χ1n) is 10.1. The molecule has 1 aromatic heterocycles. The van der Waals surface area contributed by atoms with Crippen molar-refractivity contribution in [1.29, 1.82) is 5.26 Å². The highest BCUT2D eigenvalue weighted by atomic mass is 32.1. The Labute approximate surface area is 189 Å². The molecule has 32 heavy (non-hydrogen) atoms. The highest BCUT2D eigenvalue weighted by Gasteiger charge is 2.19. The third-order valence-electron chi connectivity index (χ3n) is 5.06. The summed E-state index contributed by atoms with van der Waals surface area (Å²) in [5, 5.41) is 17.8. The van der Waals surface area contributed by atoms with Gasteiger partial charge in [-0.2, -0.15) is 5.26 Å². The first-order valence-corrected chi connectivity index (χ1v) is 10.9. The first-order chi connectivity index (χ1) is 15.5. The van der Waals surface area contributed by atoms with Crippen LogP contribution < -0.4 is 16.0 Å². The number of thiazole rings is 1. The molecular formula is C23H22N6O2S. The second-order valence-corrected chi connectivity index (χ2v) is 8.61. The van der Waals surface area contributed by atoms with E-state index in [0.29, 0.717) is 21.9 Å². The Balaban J connectivity index is 1.33. The topological polar surface area (TPSA) is 110 Å². The van der Waals surface area contributed by atoms with Gasteiger partial charge in [0.1, 0.15) is 0 Å². The number of benzene rings is 2. The number of carbonyl (C=O) groups is 2. The molecule has 3 amide bonds. The maximum Gasteiger partial charge on any atom is 0.319 e. The van der Waals surface area contributed by atoms with E-state index in [0.717, 1.165) is 30.8 Å². The van der Waals surface area contributed by atoms with Crippen molar-refractivity contribution < 1.29 is 9.59 Å². The maximum absolute atomic E-state index is 12.7. The van der Waals surface area contributed by atoms with E-state index in [4.69, 9.17) is 5.26 Å². The van der Waals surface area contributed by atoms with E-state index in [2.05, 4.69) is 32.9 Å². The van der Waals surface area contributed by atoms with Gasteiger partial charge in [0, 0.05) is 42.2 Å². The lowest BCUT2D eigenvalue weighted by Gasteiger charge is -2.20. The fourth-order valence-electron chi connectivity index (χ4n) is 3.35. The van der Waals surface area contributed by atoms with Crippen LogP contribution in [0.4, 0.5) is 15.6 Å². The third-order valence-corrected chi connectivity index (χ3v) is 6.05. The van der Waals surface area contributed by atoms with Crippen molar-refractivity contribution in [2.45, 2.75) is 19.5 Å². The quantitative estimate of drug-likeness (QED) is 0.555. The van der Waals surface area contributed by atoms with Gasteiger partial charge in [-0.15, -0.1) is 11.3 Å². The number of aromatic nitrogens is 1. The van der Waals surface area contributed by atoms with Gasteiger partial charge in [-0.1, -0.05) is 12.1 Å². The molecule has 0 saturated heterocycles. The van der Waals surface area contributed by atoms with E-state index in [9.17, 15) is 9.59 Å². The summed E-state index contributed by atoms with van der Waals surface area (Å²) in [4.78, 5) is 32.8. The molecule has 0 spiro atoms. The molecule has 162 valence electrons. The number of rotatable bonds is 5. The normalized spacial score (nSPS) is 13.0. The molecule has 0 atom stereocenters. The predicted molar refractivity (Wildman–Crippen MR) is 124 cm³/mol. The van der Waals surface area contributed by atoms with Gasteiger partial charge in [0.05, 0.1) is 17.3 Å². The molecular weight excluding hydrogens is 424 g/mol. The van der Waals surface area contributed by atoms with E-state index in [1.807, 2.05) is 12.1 Å². The van der Waals surface area contributed by atoms with Crippen molar-refractivity contribution in [3.05, 3.63) is 75.8 Å². The lowest BCUT2D eigenvalue weighted by molar-refractivity contribution is 0.102. The zero-order chi connectivity index (χ0) is 22.5. The Bertz CT molecular complexity index is 1180. The van der Waals surface area contributed by atoms with Crippen LogP contribution in [0, 0.1) is 11.3 Å². The van der Waals surface area contributed by atoms with Gasteiger partial charge in [0.25, 0.3) is 5.91 Å². The molecule has 0 radical (unpaired) electrons. The maximum atomic E-state index is 12.7. The number of amides is 3. The summed E-state index contributed by atoms with van der Waals surface area (Å²) in [5.74, 6) is -0.228. The fourth-order valence-corrected chi connectivity index (χ4v) is 4.44. The molecule has 0 saturated carbocycles. The number of fused-ring (bicyclic) bond motifs is 1. The summed E-state index contributed by atoms with van der Waals surface area (Å²) in [6.07, 6.45) is 0.893. The number of likely N-dealkylation sites (N-methyl/N-ethyl adjacent to an activating group) is 1. The van der Waals surface area contributed by atoms with Gasteiger partial charge < -0.3 is 15.5 Å². The summed E-state index contributed by atoms with van der Waals surface area (Å²) in [6, 6.07) is 15.4. The Hall–Kier alpha value is -3.74. The SMILES string of the molecule is CN1CCc2nc(NC(=O)c3cccc(CNC(=O)Nc4ccc(C#N)cc4)c3)sc2C1. The van der Waals surface area contributed by atoms with Crippen LogP contribution in [0.5, 0.6) is 0 Å². The Morgan fingerprint density at radius 1 is 1.19 bits per heavy atom. The van der Waals surface area contributed by atoms with E-state index in [1.165, 1.54) is 16.2 Å². The van der Waals surface area contributed by atoms with Gasteiger partial charge in [-0.25, -0.2) is 9.78 Å². The van der Waals surface area contributed by atoms with E-state index in [-0.39, 0.29) is 18.5 Å². The standard InChI is InChI=1S/C23H22N6O2S/c1-29-10-9-19-20(14-29)32-23(27-19)28-21(30)17-4-2-3-16(11-17)13-25-22(31)26-18-7-5-15(12-24)6-8-18/h2-8,11H,9-10,13-14H2,1H3,(H2,25,26,31)(H,27,28,30). The number of hydrogen-bond acceptors (Lipinski definition) is 6. The number of nitriles is 1. The van der Waals surface area contributed by atoms with Gasteiger partial charge in [-0.3, -0.25) is 10.1 Å². The number of nitrogens with zero attached hydrogens (tertiary/aromatic N) is 3. The molecule has 2 heterocycles. The Morgan fingerprint density at radius 3 is 2.78 bits per heavy atom. The molecule has 1 aliphatic rings. The number of nitrogens with one attached hydrogen (secondary N) is 3. The molecule has 1 aliphatic heterocycles. The summed E-state index contributed by atoms with van der Waals surface area (Å²) in [7, 11) is 2.07. The van der Waals surface area contributed by atoms with Crippen LogP contribution >= 0.6 is 11.3 Å². The monoisotopic (exact) mass is 446 g/mol. The van der Waals surface area contributed by atoms with Crippen LogP contribution in [0.1, 0.15) is 32.1 Å². The van der Waals surface area contributed by atoms with Crippen LogP contribution in [0.25, 0.3) is 0 Å². The number of anilines is 2. The fraction of sp³-hybridized carbons (Fsp3) is 0.217. The predicted octanol–water partition coefficient (Wildman–Crippen LogP) is 3.58. The van der Waals surface area contributed by atoms with Gasteiger partial charge >= 0.3 is 6.03 Å². The Morgan fingerprint density at radius 2 is 2.00 bits per heavy atom. The third kappa shape index (κ3) is 5.29. The van der Waals surface area contributed by atoms with Crippen molar-refractivity contribution in [2.75, 3.05) is 24.2 Å². The lowest BCUT2D eigenvalue weighted by Crippen LogP contribution is -2.28. The summed E-state index contributed by atoms with van der Waals surface area (Å²) in [6.45, 7) is 2.09. The smallest absolute Gasteiger partial charge is 0.319 e. The minimum absolute atomic E-state index is 0.228. The van der Waals surface area contributed by atoms with Crippen molar-refractivity contribution in [2.24, 2.45) is 0 Å². The highest BCUT2D eigenvalue weighted by molar-refractivity contribution is 7.15. The van der Waals surface area contributed by atoms with Gasteiger partial charge in [0.2, 0.25) is 0 Å². The van der Waals surface area contributed by atoms with E-state index < -0.39 is 0 Å². The van der Waals surface area contributed by atoms with Crippen LogP contribution in [0.15, 0.2) is 48.5 Å². The van der Waals surface area contributed by atoms with Crippen molar-refractivity contribution in [3.63, 3.8) is 0 Å². The zero-order valence-corrected chi connectivity index (χ0v) is 18.3. The molecule has 0 fully saturated rings. The van der Waals surface area contributed by atoms with Crippen LogP contribution in [-0.2, 0) is 19.5 Å². The van der Waals surface area contributed by atoms with Crippen molar-refractivity contribution in [1.82, 2.24) is 15.2 Å². The van der Waals surface area contributed by atoms with E-state index in [1.54, 1.807) is 42.5 Å². The number of carbonyl (C=O) groups excluding carboxylic acids is 2. The van der Waals surface area contributed by atoms with Crippen molar-refractivity contribution in [3.8, 4) is 6.07 Å². The minimum atomic E-state index is -0.372. The second kappa shape index (κ2) is 9.60. The highest BCUT2D eigenvalue weighted by Crippen LogP contribution is 2.28. The van der Waals surface area contributed by atoms with Gasteiger partial charge in [0.15, 0.2) is 5.13 Å². The second-order valence-electron chi connectivity index (χ2n) is 7.53. The van der Waals surface area contributed by atoms with Crippen LogP contribution in [0.3, 0.4) is 0 Å². The average molecular weight is 447 g/mol. The van der Waals surface area contributed by atoms with E-state index >= 15 is 0 Å². The largest absolute Gasteiger partial charge is 0.334 e. The summed E-state index contributed by atoms with van der Waals surface area (Å²) in [5.41, 5.74) is 3.48. The molecule has 4 rings (SSSR count). The summed E-state index contributed by atoms with van der Waals surface area (Å²) >= 11 is 1.52.